The molecule has 3 aromatic rings. The van der Waals surface area contributed by atoms with Crippen LogP contribution in [0.15, 0.2) is 30.6 Å². The molecule has 1 unspecified atom stereocenters. The number of hydrogen-bond donors (Lipinski definition) is 1. The number of pyridine rings is 1. The van der Waals surface area contributed by atoms with Gasteiger partial charge in [-0.15, -0.1) is 0 Å². The first-order chi connectivity index (χ1) is 17.4. The van der Waals surface area contributed by atoms with Gasteiger partial charge in [0.15, 0.2) is 0 Å². The Bertz CT molecular complexity index is 1310. The van der Waals surface area contributed by atoms with Crippen LogP contribution in [0.5, 0.6) is 0 Å². The maximum Gasteiger partial charge on any atom is 0.270 e. The smallest absolute Gasteiger partial charge is 0.270 e. The topological polar surface area (TPSA) is 99.5 Å². The normalized spacial score (nSPS) is 22.5. The molecular formula is C26H32N8O2. The van der Waals surface area contributed by atoms with Gasteiger partial charge in [0, 0.05) is 56.8 Å². The highest BCUT2D eigenvalue weighted by molar-refractivity contribution is 5.98. The molecule has 2 atom stereocenters. The van der Waals surface area contributed by atoms with E-state index in [9.17, 15) is 9.59 Å². The fourth-order valence-electron chi connectivity index (χ4n) is 5.84. The van der Waals surface area contributed by atoms with E-state index < -0.39 is 0 Å². The Kier molecular flexibility index (Phi) is 5.63. The standard InChI is InChI=1S/C26H32N8O2/c1-31(2)25(36)21-10-16-13-28-26(30-24(16)34(21)17-6-4-5-7-17)29-22-9-8-18(14-27-22)33-15-20-11-19(32(20)3)12-23(33)35/h8-10,13-14,17,19-20H,4-7,11-12,15H2,1-3H3,(H,27,28,29,30)/t19-,20?/m0/s1. The zero-order valence-corrected chi connectivity index (χ0v) is 21.0. The molecule has 0 spiro atoms. The van der Waals surface area contributed by atoms with Crippen LogP contribution in [0.4, 0.5) is 17.5 Å². The summed E-state index contributed by atoms with van der Waals surface area (Å²) in [5, 5.41) is 4.05. The van der Waals surface area contributed by atoms with Gasteiger partial charge in [0.05, 0.1) is 11.9 Å². The molecule has 4 fully saturated rings. The summed E-state index contributed by atoms with van der Waals surface area (Å²) in [5.74, 6) is 1.15. The summed E-state index contributed by atoms with van der Waals surface area (Å²) in [6, 6.07) is 6.71. The number of anilines is 3. The molecule has 2 amide bonds. The van der Waals surface area contributed by atoms with E-state index in [-0.39, 0.29) is 17.9 Å². The molecule has 3 saturated heterocycles. The molecule has 4 aliphatic rings. The quantitative estimate of drug-likeness (QED) is 0.589. The molecule has 36 heavy (non-hydrogen) atoms. The lowest BCUT2D eigenvalue weighted by Gasteiger charge is -2.44. The average Bonchev–Trinajstić information content (AvgIpc) is 3.46. The first kappa shape index (κ1) is 22.9. The van der Waals surface area contributed by atoms with Gasteiger partial charge in [0.25, 0.3) is 5.91 Å². The number of amides is 2. The van der Waals surface area contributed by atoms with Crippen LogP contribution < -0.4 is 10.2 Å². The van der Waals surface area contributed by atoms with E-state index in [0.29, 0.717) is 42.5 Å². The van der Waals surface area contributed by atoms with Crippen LogP contribution in [0.3, 0.4) is 0 Å². The average molecular weight is 489 g/mol. The predicted molar refractivity (Wildman–Crippen MR) is 137 cm³/mol. The largest absolute Gasteiger partial charge is 0.343 e. The molecule has 2 bridgehead atoms. The zero-order chi connectivity index (χ0) is 25.0. The molecule has 3 aromatic heterocycles. The molecule has 1 N–H and O–H groups in total. The number of nitrogens with one attached hydrogen (secondary N) is 1. The number of rotatable bonds is 5. The lowest BCUT2D eigenvalue weighted by Crippen LogP contribution is -2.54. The second-order valence-electron chi connectivity index (χ2n) is 10.5. The van der Waals surface area contributed by atoms with Gasteiger partial charge in [-0.1, -0.05) is 12.8 Å². The Labute approximate surface area is 210 Å². The minimum atomic E-state index is -0.0292. The third-order valence-corrected chi connectivity index (χ3v) is 7.99. The second-order valence-corrected chi connectivity index (χ2v) is 10.5. The number of hydrogen-bond acceptors (Lipinski definition) is 7. The lowest BCUT2D eigenvalue weighted by atomic mass is 9.93. The Morgan fingerprint density at radius 3 is 2.58 bits per heavy atom. The maximum absolute atomic E-state index is 12.9. The fourth-order valence-corrected chi connectivity index (χ4v) is 5.84. The molecule has 0 aromatic carbocycles. The van der Waals surface area contributed by atoms with Crippen molar-refractivity contribution in [3.63, 3.8) is 0 Å². The van der Waals surface area contributed by atoms with Crippen molar-refractivity contribution in [1.82, 2.24) is 29.3 Å². The fraction of sp³-hybridized carbons (Fsp3) is 0.500. The second kappa shape index (κ2) is 8.85. The van der Waals surface area contributed by atoms with Crippen molar-refractivity contribution in [2.45, 2.75) is 56.7 Å². The van der Waals surface area contributed by atoms with Crippen LogP contribution >= 0.6 is 0 Å². The molecule has 3 aliphatic heterocycles. The van der Waals surface area contributed by atoms with Crippen molar-refractivity contribution in [2.24, 2.45) is 0 Å². The first-order valence-corrected chi connectivity index (χ1v) is 12.7. The molecule has 7 rings (SSSR count). The number of carbonyl (C=O) groups excluding carboxylic acids is 2. The summed E-state index contributed by atoms with van der Waals surface area (Å²) in [4.78, 5) is 45.2. The van der Waals surface area contributed by atoms with Gasteiger partial charge in [-0.3, -0.25) is 14.5 Å². The van der Waals surface area contributed by atoms with Crippen LogP contribution in [0, 0.1) is 0 Å². The summed E-state index contributed by atoms with van der Waals surface area (Å²) in [6.07, 6.45) is 9.52. The minimum Gasteiger partial charge on any atom is -0.343 e. The molecule has 188 valence electrons. The molecular weight excluding hydrogens is 456 g/mol. The Hall–Kier alpha value is -3.53. The maximum atomic E-state index is 12.9. The SMILES string of the molecule is CN(C)C(=O)c1cc2cnc(Nc3ccc(N4CC5C[C@@H](CC4=O)N5C)cn3)nc2n1C1CCCC1. The van der Waals surface area contributed by atoms with Crippen molar-refractivity contribution in [1.29, 1.82) is 0 Å². The number of nitrogens with zero attached hydrogens (tertiary/aromatic N) is 7. The van der Waals surface area contributed by atoms with Crippen molar-refractivity contribution in [3.8, 4) is 0 Å². The molecule has 10 heteroatoms. The molecule has 1 saturated carbocycles. The van der Waals surface area contributed by atoms with Crippen molar-refractivity contribution in [2.75, 3.05) is 37.9 Å². The molecule has 0 radical (unpaired) electrons. The zero-order valence-electron chi connectivity index (χ0n) is 21.0. The number of carbonyl (C=O) groups is 2. The van der Waals surface area contributed by atoms with Crippen LogP contribution in [0.25, 0.3) is 11.0 Å². The van der Waals surface area contributed by atoms with Crippen LogP contribution in [0.2, 0.25) is 0 Å². The molecule has 6 heterocycles. The van der Waals surface area contributed by atoms with Crippen molar-refractivity contribution < 1.29 is 9.59 Å². The Morgan fingerprint density at radius 1 is 1.08 bits per heavy atom. The van der Waals surface area contributed by atoms with Gasteiger partial charge in [-0.2, -0.15) is 4.98 Å². The summed E-state index contributed by atoms with van der Waals surface area (Å²) >= 11 is 0. The van der Waals surface area contributed by atoms with E-state index in [1.165, 1.54) is 0 Å². The van der Waals surface area contributed by atoms with E-state index >= 15 is 0 Å². The third-order valence-electron chi connectivity index (χ3n) is 7.99. The third kappa shape index (κ3) is 3.89. The monoisotopic (exact) mass is 488 g/mol. The van der Waals surface area contributed by atoms with Crippen LogP contribution in [-0.4, -0.2) is 80.9 Å². The minimum absolute atomic E-state index is 0.0292. The summed E-state index contributed by atoms with van der Waals surface area (Å²) in [6.45, 7) is 0.701. The summed E-state index contributed by atoms with van der Waals surface area (Å²) in [7, 11) is 5.64. The Balaban J connectivity index is 1.26. The molecule has 1 aliphatic carbocycles. The highest BCUT2D eigenvalue weighted by Gasteiger charge is 2.42. The number of likely N-dealkylation sites (N-methyl/N-ethyl adjacent to an activating group) is 1. The number of fused-ring (bicyclic) bond motifs is 4. The van der Waals surface area contributed by atoms with Gasteiger partial charge in [-0.25, -0.2) is 9.97 Å². The lowest BCUT2D eigenvalue weighted by molar-refractivity contribution is -0.119. The highest BCUT2D eigenvalue weighted by Crippen LogP contribution is 2.35. The van der Waals surface area contributed by atoms with Gasteiger partial charge < -0.3 is 19.7 Å². The first-order valence-electron chi connectivity index (χ1n) is 12.7. The van der Waals surface area contributed by atoms with Crippen LogP contribution in [0.1, 0.15) is 55.1 Å². The summed E-state index contributed by atoms with van der Waals surface area (Å²) in [5.41, 5.74) is 2.23. The predicted octanol–water partition coefficient (Wildman–Crippen LogP) is 3.20. The van der Waals surface area contributed by atoms with E-state index in [0.717, 1.165) is 48.8 Å². The van der Waals surface area contributed by atoms with E-state index in [4.69, 9.17) is 4.98 Å². The van der Waals surface area contributed by atoms with Crippen molar-refractivity contribution in [3.05, 3.63) is 36.3 Å². The van der Waals surface area contributed by atoms with E-state index in [1.807, 2.05) is 23.1 Å². The summed E-state index contributed by atoms with van der Waals surface area (Å²) < 4.78 is 2.10. The number of aromatic nitrogens is 4. The van der Waals surface area contributed by atoms with Gasteiger partial charge in [-0.05, 0) is 44.5 Å². The van der Waals surface area contributed by atoms with Gasteiger partial charge in [0.2, 0.25) is 11.9 Å². The molecule has 10 nitrogen and oxygen atoms in total. The van der Waals surface area contributed by atoms with Crippen LogP contribution in [-0.2, 0) is 4.79 Å². The van der Waals surface area contributed by atoms with Crippen molar-refractivity contribution >= 4 is 40.3 Å². The van der Waals surface area contributed by atoms with E-state index in [1.54, 1.807) is 31.4 Å². The van der Waals surface area contributed by atoms with E-state index in [2.05, 4.69) is 31.8 Å². The highest BCUT2D eigenvalue weighted by atomic mass is 16.2. The van der Waals surface area contributed by atoms with Gasteiger partial charge in [0.1, 0.15) is 17.2 Å². The Morgan fingerprint density at radius 2 is 1.89 bits per heavy atom. The van der Waals surface area contributed by atoms with Gasteiger partial charge >= 0.3 is 0 Å².